The van der Waals surface area contributed by atoms with Gasteiger partial charge in [-0.3, -0.25) is 10.1 Å². The fourth-order valence-electron chi connectivity index (χ4n) is 2.14. The molecule has 0 atom stereocenters. The number of ether oxygens (including phenoxy) is 1. The highest BCUT2D eigenvalue weighted by Crippen LogP contribution is 2.39. The summed E-state index contributed by atoms with van der Waals surface area (Å²) in [5.74, 6) is -0.403. The average Bonchev–Trinajstić information content (AvgIpc) is 2.28. The molecule has 1 N–H and O–H groups in total. The highest BCUT2D eigenvalue weighted by atomic mass is 79.9. The molecule has 7 nitrogen and oxygen atoms in total. The molecule has 2 rings (SSSR count). The molecule has 0 unspecified atom stereocenters. The van der Waals surface area contributed by atoms with Crippen LogP contribution >= 0.6 is 15.9 Å². The zero-order chi connectivity index (χ0) is 16.7. The van der Waals surface area contributed by atoms with Crippen molar-refractivity contribution >= 4 is 27.7 Å². The molecule has 22 heavy (non-hydrogen) atoms. The lowest BCUT2D eigenvalue weighted by Crippen LogP contribution is -2.50. The molecule has 8 heteroatoms. The van der Waals surface area contributed by atoms with Crippen molar-refractivity contribution in [3.63, 3.8) is 0 Å². The Morgan fingerprint density at radius 3 is 2.55 bits per heavy atom. The fourth-order valence-corrected chi connectivity index (χ4v) is 2.61. The van der Waals surface area contributed by atoms with Gasteiger partial charge in [-0.15, -0.1) is 0 Å². The van der Waals surface area contributed by atoms with Gasteiger partial charge in [0.15, 0.2) is 0 Å². The maximum atomic E-state index is 11.9. The first-order valence-electron chi connectivity index (χ1n) is 6.73. The van der Waals surface area contributed by atoms with Crippen LogP contribution in [0.25, 0.3) is 0 Å². The SMILES string of the molecule is CC(C)(C)OC(=O)N1CC(c2cc(Br)c(O)c([N+](=O)[O-])c2)C1. The molecule has 1 amide bonds. The molecule has 1 aromatic carbocycles. The van der Waals surface area contributed by atoms with Crippen LogP contribution in [0.2, 0.25) is 0 Å². The van der Waals surface area contributed by atoms with E-state index in [4.69, 9.17) is 4.74 Å². The fraction of sp³-hybridized carbons (Fsp3) is 0.500. The number of phenols is 1. The predicted octanol–water partition coefficient (Wildman–Crippen LogP) is 3.40. The number of halogens is 1. The standard InChI is InChI=1S/C14H17BrN2O5/c1-14(2,3)22-13(19)16-6-9(7-16)8-4-10(15)12(18)11(5-8)17(20)21/h4-5,9,18H,6-7H2,1-3H3. The van der Waals surface area contributed by atoms with Gasteiger partial charge in [0, 0.05) is 25.1 Å². The van der Waals surface area contributed by atoms with Crippen molar-refractivity contribution in [1.29, 1.82) is 0 Å². The molecule has 0 saturated carbocycles. The molecule has 1 heterocycles. The first-order chi connectivity index (χ1) is 10.1. The minimum absolute atomic E-state index is 0.0110. The molecular formula is C14H17BrN2O5. The van der Waals surface area contributed by atoms with Crippen LogP contribution in [0, 0.1) is 10.1 Å². The molecule has 0 spiro atoms. The summed E-state index contributed by atoms with van der Waals surface area (Å²) in [4.78, 5) is 23.7. The Bertz CT molecular complexity index is 620. The lowest BCUT2D eigenvalue weighted by Gasteiger charge is -2.40. The number of likely N-dealkylation sites (tertiary alicyclic amines) is 1. The number of hydrogen-bond donors (Lipinski definition) is 1. The number of nitro groups is 1. The molecule has 0 aliphatic carbocycles. The van der Waals surface area contributed by atoms with Crippen molar-refractivity contribution in [3.8, 4) is 5.75 Å². The van der Waals surface area contributed by atoms with E-state index in [9.17, 15) is 20.0 Å². The van der Waals surface area contributed by atoms with E-state index in [0.29, 0.717) is 18.7 Å². The van der Waals surface area contributed by atoms with Gasteiger partial charge in [0.2, 0.25) is 5.75 Å². The van der Waals surface area contributed by atoms with Crippen molar-refractivity contribution in [1.82, 2.24) is 4.90 Å². The van der Waals surface area contributed by atoms with Gasteiger partial charge in [0.05, 0.1) is 9.40 Å². The third-order valence-corrected chi connectivity index (χ3v) is 3.87. The minimum Gasteiger partial charge on any atom is -0.501 e. The molecular weight excluding hydrogens is 356 g/mol. The summed E-state index contributed by atoms with van der Waals surface area (Å²) < 4.78 is 5.53. The van der Waals surface area contributed by atoms with Crippen molar-refractivity contribution < 1.29 is 19.6 Å². The highest BCUT2D eigenvalue weighted by Gasteiger charge is 2.35. The quantitative estimate of drug-likeness (QED) is 0.634. The van der Waals surface area contributed by atoms with Crippen molar-refractivity contribution in [3.05, 3.63) is 32.3 Å². The molecule has 120 valence electrons. The Hall–Kier alpha value is -1.83. The summed E-state index contributed by atoms with van der Waals surface area (Å²) in [7, 11) is 0. The second-order valence-electron chi connectivity index (χ2n) is 6.21. The number of phenolic OH excluding ortho intramolecular Hbond substituents is 1. The zero-order valence-corrected chi connectivity index (χ0v) is 14.1. The van der Waals surface area contributed by atoms with Gasteiger partial charge >= 0.3 is 11.8 Å². The normalized spacial score (nSPS) is 15.4. The van der Waals surface area contributed by atoms with Gasteiger partial charge in [0.1, 0.15) is 5.60 Å². The maximum absolute atomic E-state index is 11.9. The Morgan fingerprint density at radius 2 is 2.05 bits per heavy atom. The van der Waals surface area contributed by atoms with Crippen molar-refractivity contribution in [2.24, 2.45) is 0 Å². The molecule has 0 bridgehead atoms. The first kappa shape index (κ1) is 16.5. The molecule has 0 aromatic heterocycles. The van der Waals surface area contributed by atoms with Crippen LogP contribution in [-0.4, -0.2) is 39.7 Å². The van der Waals surface area contributed by atoms with Gasteiger partial charge in [-0.05, 0) is 48.3 Å². The lowest BCUT2D eigenvalue weighted by atomic mass is 9.91. The number of nitro benzene ring substituents is 1. The van der Waals surface area contributed by atoms with Crippen LogP contribution in [0.1, 0.15) is 32.3 Å². The van der Waals surface area contributed by atoms with E-state index in [1.165, 1.54) is 6.07 Å². The summed E-state index contributed by atoms with van der Waals surface area (Å²) in [6.07, 6.45) is -0.393. The Labute approximate surface area is 136 Å². The largest absolute Gasteiger partial charge is 0.501 e. The van der Waals surface area contributed by atoms with E-state index in [2.05, 4.69) is 15.9 Å². The van der Waals surface area contributed by atoms with Crippen LogP contribution < -0.4 is 0 Å². The molecule has 1 saturated heterocycles. The van der Waals surface area contributed by atoms with Crippen LogP contribution in [-0.2, 0) is 4.74 Å². The first-order valence-corrected chi connectivity index (χ1v) is 7.52. The minimum atomic E-state index is -0.631. The van der Waals surface area contributed by atoms with Crippen molar-refractivity contribution in [2.45, 2.75) is 32.3 Å². The van der Waals surface area contributed by atoms with E-state index >= 15 is 0 Å². The van der Waals surface area contributed by atoms with Crippen LogP contribution in [0.5, 0.6) is 5.75 Å². The van der Waals surface area contributed by atoms with Crippen LogP contribution in [0.3, 0.4) is 0 Å². The molecule has 1 aliphatic rings. The van der Waals surface area contributed by atoms with Gasteiger partial charge in [0.25, 0.3) is 0 Å². The predicted molar refractivity (Wildman–Crippen MR) is 83.0 cm³/mol. The van der Waals surface area contributed by atoms with E-state index in [1.807, 2.05) is 0 Å². The number of carbonyl (C=O) groups is 1. The summed E-state index contributed by atoms with van der Waals surface area (Å²) in [6.45, 7) is 6.25. The lowest BCUT2D eigenvalue weighted by molar-refractivity contribution is -0.386. The second-order valence-corrected chi connectivity index (χ2v) is 7.06. The summed E-state index contributed by atoms with van der Waals surface area (Å²) in [5, 5.41) is 20.6. The molecule has 0 radical (unpaired) electrons. The summed E-state index contributed by atoms with van der Waals surface area (Å²) >= 11 is 3.11. The molecule has 1 fully saturated rings. The highest BCUT2D eigenvalue weighted by molar-refractivity contribution is 9.10. The van der Waals surface area contributed by atoms with E-state index in [-0.39, 0.29) is 16.1 Å². The molecule has 1 aromatic rings. The Morgan fingerprint density at radius 1 is 1.45 bits per heavy atom. The third-order valence-electron chi connectivity index (χ3n) is 3.27. The zero-order valence-electron chi connectivity index (χ0n) is 12.5. The van der Waals surface area contributed by atoms with E-state index in [0.717, 1.165) is 0 Å². The summed E-state index contributed by atoms with van der Waals surface area (Å²) in [6, 6.07) is 2.98. The topological polar surface area (TPSA) is 92.9 Å². The Balaban J connectivity index is 2.08. The van der Waals surface area contributed by atoms with Gasteiger partial charge in [-0.25, -0.2) is 4.79 Å². The van der Waals surface area contributed by atoms with E-state index < -0.39 is 22.4 Å². The van der Waals surface area contributed by atoms with Gasteiger partial charge in [-0.1, -0.05) is 0 Å². The monoisotopic (exact) mass is 372 g/mol. The van der Waals surface area contributed by atoms with Gasteiger partial charge in [-0.2, -0.15) is 0 Å². The number of rotatable bonds is 2. The Kier molecular flexibility index (Phi) is 4.32. The smallest absolute Gasteiger partial charge is 0.410 e. The van der Waals surface area contributed by atoms with Crippen LogP contribution in [0.15, 0.2) is 16.6 Å². The van der Waals surface area contributed by atoms with E-state index in [1.54, 1.807) is 31.7 Å². The van der Waals surface area contributed by atoms with Crippen molar-refractivity contribution in [2.75, 3.05) is 13.1 Å². The van der Waals surface area contributed by atoms with Crippen LogP contribution in [0.4, 0.5) is 10.5 Å². The number of nitrogens with zero attached hydrogens (tertiary/aromatic N) is 2. The number of amides is 1. The second kappa shape index (κ2) is 5.75. The molecule has 1 aliphatic heterocycles. The number of hydrogen-bond acceptors (Lipinski definition) is 5. The third kappa shape index (κ3) is 3.49. The maximum Gasteiger partial charge on any atom is 0.410 e. The summed E-state index contributed by atoms with van der Waals surface area (Å²) in [5.41, 5.74) is -0.195. The number of aromatic hydroxyl groups is 1. The number of carbonyl (C=O) groups excluding carboxylic acids is 1. The average molecular weight is 373 g/mol. The van der Waals surface area contributed by atoms with Gasteiger partial charge < -0.3 is 14.7 Å². The number of benzene rings is 1.